The minimum atomic E-state index is -0.797. The molecule has 1 amide bonds. The lowest BCUT2D eigenvalue weighted by atomic mass is 10.1. The standard InChI is InChI=1S/C21H27NO5S2/c1-14(2)13-27-16-9-8-15(11-17(16)26-3)12-18-20(25)22(21(28)29-18)10-6-4-5-7-19(23)24/h8-9,11-12,14H,4-7,10,13H2,1-3H3,(H,23,24)/b18-12-. The highest BCUT2D eigenvalue weighted by Crippen LogP contribution is 2.35. The molecule has 1 N–H and O–H groups in total. The van der Waals surface area contributed by atoms with Gasteiger partial charge in [-0.25, -0.2) is 0 Å². The number of thiocarbonyl (C=S) groups is 1. The zero-order valence-electron chi connectivity index (χ0n) is 17.0. The fraction of sp³-hybridized carbons (Fsp3) is 0.476. The molecule has 1 fully saturated rings. The average molecular weight is 438 g/mol. The fourth-order valence-corrected chi connectivity index (χ4v) is 4.03. The second-order valence-corrected chi connectivity index (χ2v) is 8.83. The van der Waals surface area contributed by atoms with Crippen LogP contribution in [0.1, 0.15) is 45.1 Å². The predicted molar refractivity (Wildman–Crippen MR) is 119 cm³/mol. The smallest absolute Gasteiger partial charge is 0.303 e. The number of rotatable bonds is 11. The Morgan fingerprint density at radius 1 is 1.28 bits per heavy atom. The lowest BCUT2D eigenvalue weighted by Gasteiger charge is -2.14. The van der Waals surface area contributed by atoms with Crippen LogP contribution in [0.5, 0.6) is 11.5 Å². The molecule has 0 saturated carbocycles. The lowest BCUT2D eigenvalue weighted by molar-refractivity contribution is -0.137. The van der Waals surface area contributed by atoms with Gasteiger partial charge in [0.25, 0.3) is 5.91 Å². The van der Waals surface area contributed by atoms with Crippen molar-refractivity contribution in [2.45, 2.75) is 39.5 Å². The highest BCUT2D eigenvalue weighted by molar-refractivity contribution is 8.26. The lowest BCUT2D eigenvalue weighted by Crippen LogP contribution is -2.29. The minimum Gasteiger partial charge on any atom is -0.493 e. The summed E-state index contributed by atoms with van der Waals surface area (Å²) in [7, 11) is 1.59. The Kier molecular flexibility index (Phi) is 8.98. The van der Waals surface area contributed by atoms with E-state index in [1.54, 1.807) is 18.1 Å². The second-order valence-electron chi connectivity index (χ2n) is 7.15. The quantitative estimate of drug-likeness (QED) is 0.309. The molecule has 158 valence electrons. The van der Waals surface area contributed by atoms with E-state index in [4.69, 9.17) is 26.8 Å². The molecule has 0 radical (unpaired) electrons. The molecule has 1 aromatic rings. The van der Waals surface area contributed by atoms with Crippen molar-refractivity contribution >= 4 is 46.3 Å². The Morgan fingerprint density at radius 2 is 2.03 bits per heavy atom. The maximum atomic E-state index is 12.7. The molecule has 0 unspecified atom stereocenters. The van der Waals surface area contributed by atoms with Crippen LogP contribution in [0.3, 0.4) is 0 Å². The number of ether oxygens (including phenoxy) is 2. The number of nitrogens with zero attached hydrogens (tertiary/aromatic N) is 1. The summed E-state index contributed by atoms with van der Waals surface area (Å²) in [6.07, 6.45) is 4.03. The van der Waals surface area contributed by atoms with Crippen LogP contribution >= 0.6 is 24.0 Å². The number of unbranched alkanes of at least 4 members (excludes halogenated alkanes) is 2. The van der Waals surface area contributed by atoms with Gasteiger partial charge in [0.05, 0.1) is 18.6 Å². The van der Waals surface area contributed by atoms with Gasteiger partial charge < -0.3 is 14.6 Å². The summed E-state index contributed by atoms with van der Waals surface area (Å²) >= 11 is 6.63. The Hall–Kier alpha value is -2.06. The zero-order chi connectivity index (χ0) is 21.4. The van der Waals surface area contributed by atoms with E-state index in [0.29, 0.717) is 46.2 Å². The van der Waals surface area contributed by atoms with Gasteiger partial charge in [-0.2, -0.15) is 0 Å². The Balaban J connectivity index is 2.01. The maximum Gasteiger partial charge on any atom is 0.303 e. The normalized spacial score (nSPS) is 15.4. The molecule has 1 aliphatic heterocycles. The van der Waals surface area contributed by atoms with E-state index in [1.165, 1.54) is 11.8 Å². The van der Waals surface area contributed by atoms with Crippen LogP contribution in [-0.2, 0) is 9.59 Å². The second kappa shape index (κ2) is 11.2. The maximum absolute atomic E-state index is 12.7. The summed E-state index contributed by atoms with van der Waals surface area (Å²) in [5.74, 6) is 0.789. The van der Waals surface area contributed by atoms with Crippen molar-refractivity contribution < 1.29 is 24.2 Å². The highest BCUT2D eigenvalue weighted by atomic mass is 32.2. The zero-order valence-corrected chi connectivity index (χ0v) is 18.6. The van der Waals surface area contributed by atoms with Crippen molar-refractivity contribution in [3.8, 4) is 11.5 Å². The van der Waals surface area contributed by atoms with Crippen molar-refractivity contribution in [2.24, 2.45) is 5.92 Å². The van der Waals surface area contributed by atoms with Gasteiger partial charge in [-0.3, -0.25) is 14.5 Å². The summed E-state index contributed by atoms with van der Waals surface area (Å²) in [5.41, 5.74) is 0.834. The molecule has 1 aliphatic rings. The van der Waals surface area contributed by atoms with Crippen LogP contribution in [0.15, 0.2) is 23.1 Å². The van der Waals surface area contributed by atoms with Gasteiger partial charge in [-0.1, -0.05) is 50.3 Å². The van der Waals surface area contributed by atoms with Crippen LogP contribution in [0.2, 0.25) is 0 Å². The molecule has 1 aromatic carbocycles. The van der Waals surface area contributed by atoms with Crippen molar-refractivity contribution in [1.29, 1.82) is 0 Å². The van der Waals surface area contributed by atoms with Gasteiger partial charge in [0.1, 0.15) is 4.32 Å². The number of aliphatic carboxylic acids is 1. The third-order valence-electron chi connectivity index (χ3n) is 4.20. The average Bonchev–Trinajstić information content (AvgIpc) is 2.93. The number of carbonyl (C=O) groups excluding carboxylic acids is 1. The molecule has 0 atom stereocenters. The first-order valence-electron chi connectivity index (χ1n) is 9.59. The van der Waals surface area contributed by atoms with Crippen molar-refractivity contribution in [1.82, 2.24) is 4.90 Å². The Labute approximate surface area is 181 Å². The predicted octanol–water partition coefficient (Wildman–Crippen LogP) is 4.58. The largest absolute Gasteiger partial charge is 0.493 e. The van der Waals surface area contributed by atoms with Crippen LogP contribution in [0, 0.1) is 5.92 Å². The number of thioether (sulfide) groups is 1. The van der Waals surface area contributed by atoms with Crippen LogP contribution < -0.4 is 9.47 Å². The summed E-state index contributed by atoms with van der Waals surface area (Å²) in [6.45, 7) is 5.26. The first kappa shape index (κ1) is 23.2. The summed E-state index contributed by atoms with van der Waals surface area (Å²) in [4.78, 5) is 25.4. The van der Waals surface area contributed by atoms with Gasteiger partial charge in [0.15, 0.2) is 11.5 Å². The number of hydrogen-bond donors (Lipinski definition) is 1. The van der Waals surface area contributed by atoms with Gasteiger partial charge in [0, 0.05) is 13.0 Å². The molecule has 1 saturated heterocycles. The fourth-order valence-electron chi connectivity index (χ4n) is 2.72. The van der Waals surface area contributed by atoms with Crippen LogP contribution in [0.25, 0.3) is 6.08 Å². The summed E-state index contributed by atoms with van der Waals surface area (Å²) < 4.78 is 11.7. The van der Waals surface area contributed by atoms with E-state index >= 15 is 0 Å². The molecule has 1 heterocycles. The molecule has 29 heavy (non-hydrogen) atoms. The van der Waals surface area contributed by atoms with Gasteiger partial charge in [0.2, 0.25) is 0 Å². The van der Waals surface area contributed by atoms with Gasteiger partial charge in [-0.15, -0.1) is 0 Å². The monoisotopic (exact) mass is 437 g/mol. The van der Waals surface area contributed by atoms with E-state index in [0.717, 1.165) is 18.4 Å². The highest BCUT2D eigenvalue weighted by Gasteiger charge is 2.31. The van der Waals surface area contributed by atoms with E-state index in [1.807, 2.05) is 18.2 Å². The van der Waals surface area contributed by atoms with E-state index in [9.17, 15) is 9.59 Å². The number of carboxylic acids is 1. The van der Waals surface area contributed by atoms with Crippen molar-refractivity contribution in [2.75, 3.05) is 20.3 Å². The van der Waals surface area contributed by atoms with E-state index in [-0.39, 0.29) is 12.3 Å². The first-order valence-corrected chi connectivity index (χ1v) is 10.8. The van der Waals surface area contributed by atoms with Crippen LogP contribution in [0.4, 0.5) is 0 Å². The molecule has 6 nitrogen and oxygen atoms in total. The summed E-state index contributed by atoms with van der Waals surface area (Å²) in [5, 5.41) is 8.68. The molecule has 8 heteroatoms. The van der Waals surface area contributed by atoms with Crippen molar-refractivity contribution in [3.05, 3.63) is 28.7 Å². The Bertz CT molecular complexity index is 791. The molecular weight excluding hydrogens is 410 g/mol. The number of benzene rings is 1. The van der Waals surface area contributed by atoms with E-state index < -0.39 is 5.97 Å². The molecule has 0 bridgehead atoms. The number of methoxy groups -OCH3 is 1. The number of hydrogen-bond acceptors (Lipinski definition) is 6. The number of carbonyl (C=O) groups is 2. The van der Waals surface area contributed by atoms with Crippen LogP contribution in [-0.4, -0.2) is 46.5 Å². The first-order chi connectivity index (χ1) is 13.8. The SMILES string of the molecule is COc1cc(/C=C2\SC(=S)N(CCCCCC(=O)O)C2=O)ccc1OCC(C)C. The number of carboxylic acid groups (broad SMARTS) is 1. The molecule has 2 rings (SSSR count). The Morgan fingerprint density at radius 3 is 2.69 bits per heavy atom. The molecule has 0 spiro atoms. The third kappa shape index (κ3) is 7.04. The van der Waals surface area contributed by atoms with E-state index in [2.05, 4.69) is 13.8 Å². The topological polar surface area (TPSA) is 76.1 Å². The molecule has 0 aromatic heterocycles. The minimum absolute atomic E-state index is 0.114. The third-order valence-corrected chi connectivity index (χ3v) is 5.58. The van der Waals surface area contributed by atoms with Gasteiger partial charge in [-0.05, 0) is 42.5 Å². The van der Waals surface area contributed by atoms with Gasteiger partial charge >= 0.3 is 5.97 Å². The molecule has 0 aliphatic carbocycles. The van der Waals surface area contributed by atoms with Crippen molar-refractivity contribution in [3.63, 3.8) is 0 Å². The summed E-state index contributed by atoms with van der Waals surface area (Å²) in [6, 6.07) is 5.57. The molecular formula is C21H27NO5S2. The number of amides is 1.